The van der Waals surface area contributed by atoms with Crippen LogP contribution in [0, 0.1) is 0 Å². The molecule has 0 aromatic heterocycles. The van der Waals surface area contributed by atoms with Crippen molar-refractivity contribution in [3.8, 4) is 0 Å². The Labute approximate surface area is 242 Å². The van der Waals surface area contributed by atoms with Gasteiger partial charge in [0.25, 0.3) is 0 Å². The maximum absolute atomic E-state index is 9.15. The quantitative estimate of drug-likeness (QED) is 0.220. The molecule has 0 aliphatic heterocycles. The minimum absolute atomic E-state index is 0.252. The number of fused-ring (bicyclic) bond motifs is 4. The van der Waals surface area contributed by atoms with Crippen molar-refractivity contribution in [3.05, 3.63) is 155 Å². The van der Waals surface area contributed by atoms with E-state index < -0.39 is 162 Å². The average Bonchev–Trinajstić information content (AvgIpc) is 3.19. The third kappa shape index (κ3) is 3.54. The van der Waals surface area contributed by atoms with Crippen molar-refractivity contribution in [2.45, 2.75) is 12.8 Å². The van der Waals surface area contributed by atoms with Crippen LogP contribution >= 0.6 is 0 Å². The van der Waals surface area contributed by atoms with Gasteiger partial charge in [0.2, 0.25) is 0 Å². The fraction of sp³-hybridized carbons (Fsp3) is 0.0556. The highest BCUT2D eigenvalue weighted by atomic mass is 14.2. The molecule has 7 rings (SSSR count). The van der Waals surface area contributed by atoms with E-state index in [0.717, 1.165) is 0 Å². The fourth-order valence-corrected chi connectivity index (χ4v) is 4.39. The number of hydrogen-bond acceptors (Lipinski definition) is 0. The molecule has 7 aromatic carbocycles. The topological polar surface area (TPSA) is 0 Å². The molecule has 0 aliphatic carbocycles. The Morgan fingerprint density at radius 1 is 0.389 bits per heavy atom. The number of rotatable bonds is 4. The van der Waals surface area contributed by atoms with E-state index in [1.807, 2.05) is 0 Å². The first kappa shape index (κ1) is 8.32. The predicted octanol–water partition coefficient (Wildman–Crippen LogP) is 9.48. The van der Waals surface area contributed by atoms with Gasteiger partial charge in [-0.3, -0.25) is 0 Å². The van der Waals surface area contributed by atoms with Gasteiger partial charge in [-0.05, 0) is 78.2 Å². The Balaban J connectivity index is 1.73. The van der Waals surface area contributed by atoms with Gasteiger partial charge in [-0.1, -0.05) is 133 Å². The predicted molar refractivity (Wildman–Crippen MR) is 155 cm³/mol. The Kier molecular flexibility index (Phi) is 2.00. The molecule has 0 saturated heterocycles. The molecular weight excluding hydrogens is 432 g/mol. The van der Waals surface area contributed by atoms with Crippen LogP contribution in [0.25, 0.3) is 43.1 Å². The fourth-order valence-electron chi connectivity index (χ4n) is 4.39. The molecule has 7 aromatic rings. The largest absolute Gasteiger partial charge is 0.0632 e. The maximum Gasteiger partial charge on any atom is 0.0632 e. The molecule has 0 amide bonds. The molecule has 0 spiro atoms. The molecule has 0 atom stereocenters. The van der Waals surface area contributed by atoms with Crippen molar-refractivity contribution in [2.75, 3.05) is 0 Å². The Morgan fingerprint density at radius 2 is 0.889 bits per heavy atom. The summed E-state index contributed by atoms with van der Waals surface area (Å²) in [5.74, 6) is 0. The summed E-state index contributed by atoms with van der Waals surface area (Å²) in [7, 11) is 0. The molecule has 0 heterocycles. The molecule has 170 valence electrons. The zero-order chi connectivity index (χ0) is 43.0. The Hall–Kier alpha value is -4.42. The van der Waals surface area contributed by atoms with Crippen molar-refractivity contribution >= 4 is 43.1 Å². The van der Waals surface area contributed by atoms with E-state index in [2.05, 4.69) is 0 Å². The highest BCUT2D eigenvalue weighted by Gasteiger charge is 2.15. The summed E-state index contributed by atoms with van der Waals surface area (Å²) in [5, 5.41) is -3.05. The second kappa shape index (κ2) is 8.66. The summed E-state index contributed by atoms with van der Waals surface area (Å²) in [5.41, 5.74) is -1.17. The minimum Gasteiger partial charge on any atom is -0.0616 e. The minimum atomic E-state index is -0.789. The van der Waals surface area contributed by atoms with Crippen molar-refractivity contribution < 1.29 is 30.2 Å². The lowest BCUT2D eigenvalue weighted by Gasteiger charge is -2.18. The lowest BCUT2D eigenvalue weighted by Crippen LogP contribution is -1.99. The zero-order valence-electron chi connectivity index (χ0n) is 40.4. The van der Waals surface area contributed by atoms with E-state index in [1.54, 1.807) is 0 Å². The summed E-state index contributed by atoms with van der Waals surface area (Å²) in [6.07, 6.45) is -1.43. The Bertz CT molecular complexity index is 2990. The zero-order valence-corrected chi connectivity index (χ0v) is 18.4. The van der Waals surface area contributed by atoms with Crippen LogP contribution in [0.15, 0.2) is 133 Å². The lowest BCUT2D eigenvalue weighted by molar-refractivity contribution is 1.22. The second-order valence-corrected chi connectivity index (χ2v) is 8.02. The molecular formula is C36H26. The SMILES string of the molecule is [2H]c1c([2H])c([2H])c2c([2H])c(Cc3c4c([2H])c([2H])c([2H])c([2H])c4c(Cc4c([2H])c([2H])c([2H])c5c([2H])c([2H])c([2H])c([2H])c45)c4c([2H])c([2H])c([2H])c([2H])c34)c([2H])c([2H])c2c1[2H]. The van der Waals surface area contributed by atoms with Crippen LogP contribution < -0.4 is 0 Å². The van der Waals surface area contributed by atoms with Gasteiger partial charge in [-0.15, -0.1) is 0 Å². The van der Waals surface area contributed by atoms with Crippen molar-refractivity contribution in [2.24, 2.45) is 0 Å². The monoisotopic (exact) mass is 480 g/mol. The van der Waals surface area contributed by atoms with Gasteiger partial charge in [0.15, 0.2) is 0 Å². The van der Waals surface area contributed by atoms with Crippen LogP contribution in [-0.4, -0.2) is 0 Å². The summed E-state index contributed by atoms with van der Waals surface area (Å²) in [6, 6.07) is -15.8. The highest BCUT2D eigenvalue weighted by Crippen LogP contribution is 2.36. The molecule has 0 aliphatic rings. The van der Waals surface area contributed by atoms with Gasteiger partial charge in [-0.2, -0.15) is 0 Å². The lowest BCUT2D eigenvalue weighted by atomic mass is 9.86. The van der Waals surface area contributed by atoms with Crippen LogP contribution in [0.3, 0.4) is 0 Å². The first-order valence-electron chi connectivity index (χ1n) is 21.9. The van der Waals surface area contributed by atoms with Crippen molar-refractivity contribution in [1.82, 2.24) is 0 Å². The van der Waals surface area contributed by atoms with Gasteiger partial charge in [-0.25, -0.2) is 0 Å². The number of hydrogen-bond donors (Lipinski definition) is 0. The van der Waals surface area contributed by atoms with Crippen LogP contribution in [0.4, 0.5) is 0 Å². The molecule has 0 radical (unpaired) electrons. The van der Waals surface area contributed by atoms with Gasteiger partial charge in [0.1, 0.15) is 0 Å². The van der Waals surface area contributed by atoms with Crippen LogP contribution in [0.2, 0.25) is 0 Å². The average molecular weight is 481 g/mol. The van der Waals surface area contributed by atoms with Crippen LogP contribution in [0.5, 0.6) is 0 Å². The normalized spacial score (nSPS) is 20.1. The second-order valence-electron chi connectivity index (χ2n) is 8.02. The highest BCUT2D eigenvalue weighted by molar-refractivity contribution is 6.06. The van der Waals surface area contributed by atoms with E-state index in [1.165, 1.54) is 0 Å². The van der Waals surface area contributed by atoms with Gasteiger partial charge in [0.05, 0.1) is 30.2 Å². The summed E-state index contributed by atoms with van der Waals surface area (Å²) < 4.78 is 191. The molecule has 0 saturated carbocycles. The third-order valence-electron chi connectivity index (χ3n) is 5.98. The van der Waals surface area contributed by atoms with Crippen LogP contribution in [-0.2, 0) is 12.8 Å². The van der Waals surface area contributed by atoms with E-state index in [0.29, 0.717) is 0 Å². The van der Waals surface area contributed by atoms with E-state index in [4.69, 9.17) is 30.2 Å². The van der Waals surface area contributed by atoms with Gasteiger partial charge >= 0.3 is 0 Å². The van der Waals surface area contributed by atoms with E-state index in [-0.39, 0.29) is 49.2 Å². The first-order valence-corrected chi connectivity index (χ1v) is 10.9. The first-order chi connectivity index (χ1) is 27.0. The molecule has 0 bridgehead atoms. The Morgan fingerprint density at radius 3 is 1.56 bits per heavy atom. The molecule has 0 fully saturated rings. The third-order valence-corrected chi connectivity index (χ3v) is 5.98. The molecule has 0 heteroatoms. The van der Waals surface area contributed by atoms with Gasteiger partial charge < -0.3 is 0 Å². The van der Waals surface area contributed by atoms with E-state index in [9.17, 15) is 0 Å². The van der Waals surface area contributed by atoms with Crippen LogP contribution in [0.1, 0.15) is 52.4 Å². The molecule has 0 N–H and O–H groups in total. The van der Waals surface area contributed by atoms with Crippen molar-refractivity contribution in [3.63, 3.8) is 0 Å². The standard InChI is InChI=1S/C36H26/c1-2-12-28-22-25(20-21-26(28)10-1)23-35-31-16-5-7-18-33(31)36(34-19-8-6-17-32(34)35)24-29-14-9-13-27-11-3-4-15-30(27)29/h1-22H,23-24H2/i1D,2D,3D,4D,5D,6D,7D,8D,9D,10D,11D,12D,13D,14D,15D,16D,17D,18D,19D,20D,21D,22D. The van der Waals surface area contributed by atoms with Crippen molar-refractivity contribution in [1.29, 1.82) is 0 Å². The summed E-state index contributed by atoms with van der Waals surface area (Å²) in [6.45, 7) is 0. The summed E-state index contributed by atoms with van der Waals surface area (Å²) >= 11 is 0. The molecule has 0 unspecified atom stereocenters. The van der Waals surface area contributed by atoms with Gasteiger partial charge in [0, 0.05) is 0 Å². The maximum atomic E-state index is 9.15. The summed E-state index contributed by atoms with van der Waals surface area (Å²) in [4.78, 5) is 0. The van der Waals surface area contributed by atoms with E-state index >= 15 is 0 Å². The number of benzene rings is 7. The molecule has 0 nitrogen and oxygen atoms in total. The smallest absolute Gasteiger partial charge is 0.0616 e. The molecule has 36 heavy (non-hydrogen) atoms.